The van der Waals surface area contributed by atoms with Gasteiger partial charge in [-0.15, -0.1) is 0 Å². The highest BCUT2D eigenvalue weighted by molar-refractivity contribution is 6.99. The minimum Gasteiger partial charge on any atom is -0.491 e. The number of hydrogen-bond donors (Lipinski definition) is 2. The Hall–Kier alpha value is -3.82. The number of benzene rings is 3. The molecule has 0 unspecified atom stereocenters. The van der Waals surface area contributed by atoms with Gasteiger partial charge in [0.1, 0.15) is 24.0 Å². The Morgan fingerprint density at radius 2 is 1.52 bits per heavy atom. The van der Waals surface area contributed by atoms with Crippen molar-refractivity contribution in [1.82, 2.24) is 10.6 Å². The second-order valence-electron chi connectivity index (χ2n) is 15.3. The van der Waals surface area contributed by atoms with Gasteiger partial charge in [-0.05, 0) is 67.1 Å². The molecule has 0 bridgehead atoms. The number of ether oxygens (including phenoxy) is 2. The van der Waals surface area contributed by atoms with E-state index in [0.717, 1.165) is 11.3 Å². The molecule has 8 nitrogen and oxygen atoms in total. The Bertz CT molecular complexity index is 1480. The summed E-state index contributed by atoms with van der Waals surface area (Å²) in [6, 6.07) is 26.3. The van der Waals surface area contributed by atoms with Gasteiger partial charge >= 0.3 is 6.09 Å². The lowest BCUT2D eigenvalue weighted by Crippen LogP contribution is -2.67. The van der Waals surface area contributed by atoms with Crippen LogP contribution in [0.1, 0.15) is 67.9 Å². The molecule has 0 saturated carbocycles. The van der Waals surface area contributed by atoms with E-state index in [0.29, 0.717) is 18.8 Å². The van der Waals surface area contributed by atoms with Crippen LogP contribution in [-0.4, -0.2) is 64.3 Å². The molecule has 9 heteroatoms. The van der Waals surface area contributed by atoms with Gasteiger partial charge in [0.05, 0.1) is 18.7 Å². The molecule has 0 saturated heterocycles. The molecule has 3 atom stereocenters. The van der Waals surface area contributed by atoms with Crippen LogP contribution in [-0.2, 0) is 20.4 Å². The summed E-state index contributed by atoms with van der Waals surface area (Å²) in [5.41, 5.74) is 1.47. The normalized spacial score (nSPS) is 17.9. The fourth-order valence-electron chi connectivity index (χ4n) is 6.67. The lowest BCUT2D eigenvalue weighted by molar-refractivity contribution is -0.124. The SMILES string of the molecule is CC(C)[C@H]1C(=O)N[C@H](CO[Si](c2ccccc2)(c2ccccc2)C(C)(C)C)Cc2ccc(OC[C@@H](C)NC(=O)OC(C)(C)C)cc2N1C. The van der Waals surface area contributed by atoms with Crippen LogP contribution in [0.15, 0.2) is 78.9 Å². The van der Waals surface area contributed by atoms with E-state index in [2.05, 4.69) is 105 Å². The minimum atomic E-state index is -2.80. The first-order valence-electron chi connectivity index (χ1n) is 17.1. The maximum atomic E-state index is 13.9. The lowest BCUT2D eigenvalue weighted by Gasteiger charge is -2.44. The number of amides is 2. The number of nitrogens with zero attached hydrogens (tertiary/aromatic N) is 1. The largest absolute Gasteiger partial charge is 0.491 e. The highest BCUT2D eigenvalue weighted by Crippen LogP contribution is 2.37. The number of carbonyl (C=O) groups is 2. The van der Waals surface area contributed by atoms with Gasteiger partial charge in [0.25, 0.3) is 8.32 Å². The van der Waals surface area contributed by atoms with Gasteiger partial charge in [-0.2, -0.15) is 0 Å². The Kier molecular flexibility index (Phi) is 11.7. The molecule has 0 fully saturated rings. The molecule has 0 aromatic heterocycles. The van der Waals surface area contributed by atoms with Crippen molar-refractivity contribution in [2.45, 2.75) is 97.5 Å². The highest BCUT2D eigenvalue weighted by atomic mass is 28.4. The molecule has 48 heavy (non-hydrogen) atoms. The van der Waals surface area contributed by atoms with Crippen LogP contribution in [0, 0.1) is 5.92 Å². The van der Waals surface area contributed by atoms with Gasteiger partial charge in [0.15, 0.2) is 0 Å². The Morgan fingerprint density at radius 3 is 2.04 bits per heavy atom. The van der Waals surface area contributed by atoms with Crippen LogP contribution in [0.5, 0.6) is 5.75 Å². The number of alkyl carbamates (subject to hydrolysis) is 1. The number of hydrogen-bond acceptors (Lipinski definition) is 6. The summed E-state index contributed by atoms with van der Waals surface area (Å²) >= 11 is 0. The monoisotopic (exact) mass is 673 g/mol. The predicted octanol–water partition coefficient (Wildman–Crippen LogP) is 6.06. The van der Waals surface area contributed by atoms with E-state index in [1.165, 1.54) is 10.4 Å². The zero-order valence-electron chi connectivity index (χ0n) is 30.4. The molecule has 260 valence electrons. The second kappa shape index (κ2) is 15.2. The zero-order chi connectivity index (χ0) is 35.3. The van der Waals surface area contributed by atoms with Gasteiger partial charge in [0, 0.05) is 18.8 Å². The van der Waals surface area contributed by atoms with Gasteiger partial charge < -0.3 is 29.4 Å². The Morgan fingerprint density at radius 1 is 0.938 bits per heavy atom. The van der Waals surface area contributed by atoms with Crippen molar-refractivity contribution in [2.24, 2.45) is 5.92 Å². The maximum absolute atomic E-state index is 13.9. The van der Waals surface area contributed by atoms with Crippen LogP contribution in [0.4, 0.5) is 10.5 Å². The van der Waals surface area contributed by atoms with Crippen molar-refractivity contribution in [2.75, 3.05) is 25.2 Å². The quantitative estimate of drug-likeness (QED) is 0.255. The third-order valence-corrected chi connectivity index (χ3v) is 13.8. The molecular formula is C39H55N3O5Si. The lowest BCUT2D eigenvalue weighted by atomic mass is 9.95. The number of fused-ring (bicyclic) bond motifs is 1. The molecule has 4 rings (SSSR count). The third-order valence-electron chi connectivity index (χ3n) is 8.75. The van der Waals surface area contributed by atoms with E-state index in [9.17, 15) is 9.59 Å². The van der Waals surface area contributed by atoms with Gasteiger partial charge in [0.2, 0.25) is 5.91 Å². The molecule has 1 heterocycles. The molecule has 2 N–H and O–H groups in total. The number of nitrogens with one attached hydrogen (secondary N) is 2. The predicted molar refractivity (Wildman–Crippen MR) is 197 cm³/mol. The summed E-state index contributed by atoms with van der Waals surface area (Å²) in [6.45, 7) is 18.9. The number of rotatable bonds is 10. The first kappa shape index (κ1) is 37.0. The van der Waals surface area contributed by atoms with Crippen molar-refractivity contribution in [3.8, 4) is 5.75 Å². The van der Waals surface area contributed by atoms with Gasteiger partial charge in [-0.1, -0.05) is 101 Å². The molecule has 3 aromatic rings. The first-order chi connectivity index (χ1) is 22.5. The molecule has 3 aromatic carbocycles. The van der Waals surface area contributed by atoms with E-state index in [1.54, 1.807) is 0 Å². The van der Waals surface area contributed by atoms with E-state index in [-0.39, 0.29) is 41.6 Å². The summed E-state index contributed by atoms with van der Waals surface area (Å²) < 4.78 is 18.8. The fraction of sp³-hybridized carbons (Fsp3) is 0.487. The molecule has 2 amide bonds. The second-order valence-corrected chi connectivity index (χ2v) is 19.6. The van der Waals surface area contributed by atoms with Gasteiger partial charge in [-0.25, -0.2) is 4.79 Å². The number of likely N-dealkylation sites (N-methyl/N-ethyl adjacent to an activating group) is 1. The summed E-state index contributed by atoms with van der Waals surface area (Å²) in [4.78, 5) is 28.2. The number of anilines is 1. The summed E-state index contributed by atoms with van der Waals surface area (Å²) in [5.74, 6) is 0.708. The third kappa shape index (κ3) is 8.79. The van der Waals surface area contributed by atoms with Crippen molar-refractivity contribution < 1.29 is 23.5 Å². The van der Waals surface area contributed by atoms with Crippen molar-refractivity contribution in [3.05, 3.63) is 84.4 Å². The molecule has 1 aliphatic heterocycles. The van der Waals surface area contributed by atoms with Crippen molar-refractivity contribution >= 4 is 36.4 Å². The standard InChI is InChI=1S/C39H55N3O5Si/c1-27(2)35-36(43)41-30(26-46-48(39(7,8)9,32-17-13-11-14-18-32)33-19-15-12-16-20-33)23-29-21-22-31(24-34(29)42(35)10)45-25-28(3)40-37(44)47-38(4,5)6/h11-22,24,27-28,30,35H,23,25-26H2,1-10H3,(H,40,44)(H,41,43)/t28-,30+,35+/m1/s1. The van der Waals surface area contributed by atoms with Crippen molar-refractivity contribution in [1.29, 1.82) is 0 Å². The van der Waals surface area contributed by atoms with Crippen LogP contribution in [0.25, 0.3) is 0 Å². The molecule has 0 radical (unpaired) electrons. The van der Waals surface area contributed by atoms with E-state index >= 15 is 0 Å². The van der Waals surface area contributed by atoms with E-state index in [4.69, 9.17) is 13.9 Å². The maximum Gasteiger partial charge on any atom is 0.407 e. The summed E-state index contributed by atoms with van der Waals surface area (Å²) in [5, 5.41) is 8.43. The Labute approximate surface area is 288 Å². The molecule has 0 aliphatic carbocycles. The topological polar surface area (TPSA) is 89.1 Å². The molecular weight excluding hydrogens is 619 g/mol. The number of carbonyl (C=O) groups excluding carboxylic acids is 2. The average molecular weight is 674 g/mol. The minimum absolute atomic E-state index is 0.0179. The zero-order valence-corrected chi connectivity index (χ0v) is 31.4. The fourth-order valence-corrected chi connectivity index (χ4v) is 11.3. The van der Waals surface area contributed by atoms with E-state index < -0.39 is 20.0 Å². The van der Waals surface area contributed by atoms with Gasteiger partial charge in [-0.3, -0.25) is 4.79 Å². The first-order valence-corrected chi connectivity index (χ1v) is 19.0. The molecule has 0 spiro atoms. The summed E-state index contributed by atoms with van der Waals surface area (Å²) in [6.07, 6.45) is 0.124. The smallest absolute Gasteiger partial charge is 0.407 e. The van der Waals surface area contributed by atoms with Crippen LogP contribution >= 0.6 is 0 Å². The van der Waals surface area contributed by atoms with E-state index in [1.807, 2.05) is 59.0 Å². The average Bonchev–Trinajstić information content (AvgIpc) is 2.99. The van der Waals surface area contributed by atoms with Crippen LogP contribution in [0.2, 0.25) is 5.04 Å². The van der Waals surface area contributed by atoms with Crippen molar-refractivity contribution in [3.63, 3.8) is 0 Å². The Balaban J connectivity index is 1.63. The highest BCUT2D eigenvalue weighted by Gasteiger charge is 2.50. The van der Waals surface area contributed by atoms with Crippen LogP contribution < -0.4 is 30.6 Å². The molecule has 1 aliphatic rings. The van der Waals surface area contributed by atoms with Crippen LogP contribution in [0.3, 0.4) is 0 Å². The summed E-state index contributed by atoms with van der Waals surface area (Å²) in [7, 11) is -0.834.